The van der Waals surface area contributed by atoms with E-state index in [4.69, 9.17) is 4.74 Å². The molecule has 0 atom stereocenters. The van der Waals surface area contributed by atoms with Crippen LogP contribution in [0.3, 0.4) is 0 Å². The second-order valence-corrected chi connectivity index (χ2v) is 4.69. The Morgan fingerprint density at radius 2 is 2.09 bits per heavy atom. The summed E-state index contributed by atoms with van der Waals surface area (Å²) in [5.41, 5.74) is 1.83. The van der Waals surface area contributed by atoms with Crippen LogP contribution in [-0.2, 0) is 6.54 Å². The van der Waals surface area contributed by atoms with Crippen LogP contribution in [0.1, 0.15) is 11.1 Å². The smallest absolute Gasteiger partial charge is 0.315 e. The largest absolute Gasteiger partial charge is 0.438 e. The van der Waals surface area contributed by atoms with E-state index in [1.54, 1.807) is 12.3 Å². The number of ether oxygens (including phenoxy) is 1. The van der Waals surface area contributed by atoms with Gasteiger partial charge >= 0.3 is 6.03 Å². The van der Waals surface area contributed by atoms with Gasteiger partial charge in [0.1, 0.15) is 5.75 Å². The fourth-order valence-electron chi connectivity index (χ4n) is 1.83. The van der Waals surface area contributed by atoms with E-state index in [0.717, 1.165) is 16.9 Å². The van der Waals surface area contributed by atoms with Crippen LogP contribution in [0.15, 0.2) is 55.3 Å². The van der Waals surface area contributed by atoms with Gasteiger partial charge in [0, 0.05) is 24.8 Å². The lowest BCUT2D eigenvalue weighted by Crippen LogP contribution is -2.35. The van der Waals surface area contributed by atoms with Gasteiger partial charge < -0.3 is 15.4 Å². The molecule has 0 aliphatic rings. The molecule has 0 unspecified atom stereocenters. The van der Waals surface area contributed by atoms with E-state index in [0.29, 0.717) is 19.0 Å². The Morgan fingerprint density at radius 3 is 2.86 bits per heavy atom. The van der Waals surface area contributed by atoms with Gasteiger partial charge in [-0.3, -0.25) is 0 Å². The Hall–Kier alpha value is -2.82. The molecule has 1 aromatic heterocycles. The Bertz CT molecular complexity index is 656. The minimum atomic E-state index is -0.259. The Morgan fingerprint density at radius 1 is 1.27 bits per heavy atom. The third kappa shape index (κ3) is 4.34. The summed E-state index contributed by atoms with van der Waals surface area (Å²) in [6.45, 7) is 6.27. The lowest BCUT2D eigenvalue weighted by Gasteiger charge is -2.12. The van der Waals surface area contributed by atoms with Crippen LogP contribution >= 0.6 is 0 Å². The Balaban J connectivity index is 2.05. The molecule has 1 aromatic carbocycles. The van der Waals surface area contributed by atoms with E-state index in [2.05, 4.69) is 22.2 Å². The van der Waals surface area contributed by atoms with Gasteiger partial charge in [-0.2, -0.15) is 0 Å². The lowest BCUT2D eigenvalue weighted by molar-refractivity contribution is 0.241. The highest BCUT2D eigenvalue weighted by Crippen LogP contribution is 2.25. The SMILES string of the molecule is C=CCNC(=O)NCc1cccnc1Oc1ccccc1C. The van der Waals surface area contributed by atoms with Gasteiger partial charge in [0.25, 0.3) is 0 Å². The molecule has 0 bridgehead atoms. The molecule has 2 aromatic rings. The molecule has 2 N–H and O–H groups in total. The van der Waals surface area contributed by atoms with E-state index in [1.807, 2.05) is 43.3 Å². The molecule has 1 heterocycles. The number of carbonyl (C=O) groups is 1. The van der Waals surface area contributed by atoms with Crippen molar-refractivity contribution in [3.8, 4) is 11.6 Å². The number of amides is 2. The van der Waals surface area contributed by atoms with Crippen molar-refractivity contribution >= 4 is 6.03 Å². The van der Waals surface area contributed by atoms with Crippen molar-refractivity contribution in [3.63, 3.8) is 0 Å². The average Bonchev–Trinajstić information content (AvgIpc) is 2.54. The topological polar surface area (TPSA) is 63.2 Å². The van der Waals surface area contributed by atoms with Crippen molar-refractivity contribution < 1.29 is 9.53 Å². The first-order chi connectivity index (χ1) is 10.7. The highest BCUT2D eigenvalue weighted by Gasteiger charge is 2.08. The van der Waals surface area contributed by atoms with Gasteiger partial charge in [0.05, 0.1) is 0 Å². The third-order valence-corrected chi connectivity index (χ3v) is 3.00. The Labute approximate surface area is 130 Å². The minimum Gasteiger partial charge on any atom is -0.438 e. The van der Waals surface area contributed by atoms with Crippen molar-refractivity contribution in [1.82, 2.24) is 15.6 Å². The minimum absolute atomic E-state index is 0.259. The van der Waals surface area contributed by atoms with Crippen molar-refractivity contribution in [3.05, 3.63) is 66.4 Å². The van der Waals surface area contributed by atoms with Crippen LogP contribution < -0.4 is 15.4 Å². The van der Waals surface area contributed by atoms with Gasteiger partial charge in [0.15, 0.2) is 0 Å². The van der Waals surface area contributed by atoms with E-state index in [1.165, 1.54) is 0 Å². The molecule has 0 spiro atoms. The van der Waals surface area contributed by atoms with Gasteiger partial charge in [-0.25, -0.2) is 9.78 Å². The summed E-state index contributed by atoms with van der Waals surface area (Å²) in [5.74, 6) is 1.24. The van der Waals surface area contributed by atoms with Crippen LogP contribution in [0.25, 0.3) is 0 Å². The second-order valence-electron chi connectivity index (χ2n) is 4.69. The number of benzene rings is 1. The number of para-hydroxylation sites is 1. The molecule has 5 nitrogen and oxygen atoms in total. The molecular weight excluding hydrogens is 278 g/mol. The summed E-state index contributed by atoms with van der Waals surface area (Å²) in [7, 11) is 0. The van der Waals surface area contributed by atoms with Crippen LogP contribution in [0.5, 0.6) is 11.6 Å². The van der Waals surface area contributed by atoms with Crippen LogP contribution in [0, 0.1) is 6.92 Å². The van der Waals surface area contributed by atoms with Crippen molar-refractivity contribution in [1.29, 1.82) is 0 Å². The average molecular weight is 297 g/mol. The molecule has 22 heavy (non-hydrogen) atoms. The van der Waals surface area contributed by atoms with Crippen molar-refractivity contribution in [2.45, 2.75) is 13.5 Å². The molecule has 0 saturated carbocycles. The fraction of sp³-hybridized carbons (Fsp3) is 0.176. The monoisotopic (exact) mass is 297 g/mol. The van der Waals surface area contributed by atoms with E-state index >= 15 is 0 Å². The molecule has 0 fully saturated rings. The van der Waals surface area contributed by atoms with Gasteiger partial charge in [-0.1, -0.05) is 30.3 Å². The number of aryl methyl sites for hydroxylation is 1. The number of pyridine rings is 1. The Kier molecular flexibility index (Phi) is 5.54. The predicted molar refractivity (Wildman–Crippen MR) is 85.9 cm³/mol. The zero-order valence-corrected chi connectivity index (χ0v) is 12.5. The van der Waals surface area contributed by atoms with Crippen molar-refractivity contribution in [2.75, 3.05) is 6.54 Å². The summed E-state index contributed by atoms with van der Waals surface area (Å²) in [6, 6.07) is 11.1. The number of carbonyl (C=O) groups excluding carboxylic acids is 1. The van der Waals surface area contributed by atoms with E-state index in [9.17, 15) is 4.79 Å². The number of hydrogen-bond acceptors (Lipinski definition) is 3. The van der Waals surface area contributed by atoms with Crippen LogP contribution in [0.4, 0.5) is 4.79 Å². The first kappa shape index (κ1) is 15.6. The molecule has 2 rings (SSSR count). The van der Waals surface area contributed by atoms with Gasteiger partial charge in [-0.15, -0.1) is 6.58 Å². The summed E-state index contributed by atoms with van der Waals surface area (Å²) >= 11 is 0. The van der Waals surface area contributed by atoms with Crippen LogP contribution in [-0.4, -0.2) is 17.6 Å². The number of urea groups is 1. The molecule has 2 amide bonds. The standard InChI is InChI=1S/C17H19N3O2/c1-3-10-19-17(21)20-12-14-8-6-11-18-16(14)22-15-9-5-4-7-13(15)2/h3-9,11H,1,10,12H2,2H3,(H2,19,20,21). The highest BCUT2D eigenvalue weighted by atomic mass is 16.5. The third-order valence-electron chi connectivity index (χ3n) is 3.00. The zero-order chi connectivity index (χ0) is 15.8. The summed E-state index contributed by atoms with van der Waals surface area (Å²) in [6.07, 6.45) is 3.28. The summed E-state index contributed by atoms with van der Waals surface area (Å²) in [4.78, 5) is 15.8. The van der Waals surface area contributed by atoms with E-state index < -0.39 is 0 Å². The molecule has 0 aliphatic heterocycles. The maximum Gasteiger partial charge on any atom is 0.315 e. The second kappa shape index (κ2) is 7.83. The normalized spacial score (nSPS) is 9.86. The molecular formula is C17H19N3O2. The number of nitrogens with zero attached hydrogens (tertiary/aromatic N) is 1. The first-order valence-corrected chi connectivity index (χ1v) is 7.00. The zero-order valence-electron chi connectivity index (χ0n) is 12.5. The molecule has 5 heteroatoms. The van der Waals surface area contributed by atoms with E-state index in [-0.39, 0.29) is 6.03 Å². The lowest BCUT2D eigenvalue weighted by atomic mass is 10.2. The number of rotatable bonds is 6. The molecule has 0 radical (unpaired) electrons. The fourth-order valence-corrected chi connectivity index (χ4v) is 1.83. The summed E-state index contributed by atoms with van der Waals surface area (Å²) in [5, 5.41) is 5.41. The maximum absolute atomic E-state index is 11.6. The predicted octanol–water partition coefficient (Wildman–Crippen LogP) is 3.17. The van der Waals surface area contributed by atoms with Gasteiger partial charge in [0.2, 0.25) is 5.88 Å². The molecule has 0 saturated heterocycles. The quantitative estimate of drug-likeness (QED) is 0.805. The summed E-state index contributed by atoms with van der Waals surface area (Å²) < 4.78 is 5.85. The molecule has 114 valence electrons. The number of hydrogen-bond donors (Lipinski definition) is 2. The first-order valence-electron chi connectivity index (χ1n) is 7.00. The maximum atomic E-state index is 11.6. The molecule has 0 aliphatic carbocycles. The van der Waals surface area contributed by atoms with Gasteiger partial charge in [-0.05, 0) is 24.6 Å². The van der Waals surface area contributed by atoms with Crippen LogP contribution in [0.2, 0.25) is 0 Å². The number of nitrogens with one attached hydrogen (secondary N) is 2. The number of aromatic nitrogens is 1. The highest BCUT2D eigenvalue weighted by molar-refractivity contribution is 5.74. The van der Waals surface area contributed by atoms with Crippen molar-refractivity contribution in [2.24, 2.45) is 0 Å².